The van der Waals surface area contributed by atoms with Gasteiger partial charge in [0, 0.05) is 28.7 Å². The normalized spacial score (nSPS) is 16.8. The van der Waals surface area contributed by atoms with Gasteiger partial charge >= 0.3 is 18.0 Å². The molecular formula is C37H46N2O6. The number of rotatable bonds is 10. The molecule has 2 aliphatic rings. The van der Waals surface area contributed by atoms with Gasteiger partial charge in [-0.15, -0.1) is 0 Å². The fraction of sp³-hybridized carbons (Fsp3) is 0.486. The van der Waals surface area contributed by atoms with Crippen LogP contribution in [0.1, 0.15) is 100 Å². The Balaban J connectivity index is 0.000000182. The van der Waals surface area contributed by atoms with Crippen LogP contribution in [0.2, 0.25) is 0 Å². The number of hydrogen-bond donors (Lipinski definition) is 2. The van der Waals surface area contributed by atoms with Gasteiger partial charge in [-0.1, -0.05) is 87.8 Å². The lowest BCUT2D eigenvalue weighted by atomic mass is 9.89. The summed E-state index contributed by atoms with van der Waals surface area (Å²) in [5.74, 6) is -0.255. The van der Waals surface area contributed by atoms with E-state index in [4.69, 9.17) is 9.47 Å². The van der Waals surface area contributed by atoms with Gasteiger partial charge in [0.15, 0.2) is 0 Å². The zero-order valence-corrected chi connectivity index (χ0v) is 26.5. The number of benzene rings is 2. The standard InChI is InChI=1S/C20H25NO4.C17H21NO2/c1-24-19(22)16(12-11-14-7-3-4-8-14)17-13-21(20(23)25-2)18-10-6-5-9-15(17)18;19-17(20)14(10-9-12-5-1-2-6-12)15-11-18-16-8-4-3-7-13(15)16/h5-6,9-10,13-14,16H,3-4,7-8,11-12H2,1-2H3;3-4,7-8,11-12,14,18H,1-2,5-6,9-10H2,(H,19,20). The number of carbonyl (C=O) groups is 3. The summed E-state index contributed by atoms with van der Waals surface area (Å²) >= 11 is 0. The first-order chi connectivity index (χ1) is 21.9. The number of fused-ring (bicyclic) bond motifs is 2. The van der Waals surface area contributed by atoms with Crippen LogP contribution in [0.3, 0.4) is 0 Å². The molecule has 0 radical (unpaired) electrons. The number of esters is 1. The van der Waals surface area contributed by atoms with E-state index in [1.807, 2.05) is 54.7 Å². The highest BCUT2D eigenvalue weighted by Gasteiger charge is 2.29. The molecule has 4 aromatic rings. The highest BCUT2D eigenvalue weighted by atomic mass is 16.5. The Labute approximate surface area is 265 Å². The van der Waals surface area contributed by atoms with Crippen LogP contribution < -0.4 is 0 Å². The number of nitrogens with one attached hydrogen (secondary N) is 1. The Morgan fingerprint density at radius 1 is 0.800 bits per heavy atom. The zero-order chi connectivity index (χ0) is 31.8. The molecule has 2 fully saturated rings. The highest BCUT2D eigenvalue weighted by molar-refractivity contribution is 5.95. The fourth-order valence-corrected chi connectivity index (χ4v) is 7.47. The van der Waals surface area contributed by atoms with E-state index >= 15 is 0 Å². The topological polar surface area (TPSA) is 111 Å². The molecular weight excluding hydrogens is 568 g/mol. The summed E-state index contributed by atoms with van der Waals surface area (Å²) in [6.07, 6.45) is 16.9. The molecule has 0 bridgehead atoms. The van der Waals surface area contributed by atoms with Crippen molar-refractivity contribution in [1.82, 2.24) is 9.55 Å². The molecule has 2 heterocycles. The average molecular weight is 615 g/mol. The summed E-state index contributed by atoms with van der Waals surface area (Å²) in [6.45, 7) is 0. The smallest absolute Gasteiger partial charge is 0.418 e. The van der Waals surface area contributed by atoms with E-state index < -0.39 is 12.1 Å². The Bertz CT molecular complexity index is 1590. The summed E-state index contributed by atoms with van der Waals surface area (Å²) in [6, 6.07) is 15.5. The van der Waals surface area contributed by atoms with E-state index in [0.29, 0.717) is 5.92 Å². The lowest BCUT2D eigenvalue weighted by molar-refractivity contribution is -0.142. The summed E-state index contributed by atoms with van der Waals surface area (Å²) < 4.78 is 11.4. The number of ether oxygens (including phenoxy) is 2. The minimum absolute atomic E-state index is 0.245. The second kappa shape index (κ2) is 15.3. The molecule has 6 rings (SSSR count). The number of H-pyrrole nitrogens is 1. The highest BCUT2D eigenvalue weighted by Crippen LogP contribution is 2.37. The minimum atomic E-state index is -0.701. The van der Waals surface area contributed by atoms with Crippen molar-refractivity contribution in [2.45, 2.75) is 88.9 Å². The predicted molar refractivity (Wildman–Crippen MR) is 176 cm³/mol. The average Bonchev–Trinajstić information content (AvgIpc) is 3.89. The number of carbonyl (C=O) groups excluding carboxylic acids is 2. The second-order valence-electron chi connectivity index (χ2n) is 12.7. The number of carboxylic acids is 1. The number of nitrogens with zero attached hydrogens (tertiary/aromatic N) is 1. The number of carboxylic acid groups (broad SMARTS) is 1. The van der Waals surface area contributed by atoms with Crippen molar-refractivity contribution < 1.29 is 29.0 Å². The lowest BCUT2D eigenvalue weighted by Crippen LogP contribution is -2.16. The molecule has 2 aromatic heterocycles. The van der Waals surface area contributed by atoms with Crippen LogP contribution in [0.4, 0.5) is 4.79 Å². The first kappa shape index (κ1) is 32.3. The maximum atomic E-state index is 12.5. The summed E-state index contributed by atoms with van der Waals surface area (Å²) in [7, 11) is 2.78. The first-order valence-electron chi connectivity index (χ1n) is 16.5. The third-order valence-corrected chi connectivity index (χ3v) is 9.95. The molecule has 0 saturated heterocycles. The van der Waals surface area contributed by atoms with Crippen molar-refractivity contribution in [3.05, 3.63) is 72.1 Å². The van der Waals surface area contributed by atoms with Gasteiger partial charge in [0.1, 0.15) is 0 Å². The molecule has 2 N–H and O–H groups in total. The second-order valence-corrected chi connectivity index (χ2v) is 12.7. The molecule has 2 atom stereocenters. The van der Waals surface area contributed by atoms with Gasteiger partial charge in [0.05, 0.1) is 31.6 Å². The van der Waals surface area contributed by atoms with Crippen molar-refractivity contribution in [3.8, 4) is 0 Å². The quantitative estimate of drug-likeness (QED) is 0.173. The number of aliphatic carboxylic acids is 1. The Morgan fingerprint density at radius 2 is 1.38 bits per heavy atom. The first-order valence-corrected chi connectivity index (χ1v) is 16.5. The molecule has 0 spiro atoms. The number of aromatic amines is 1. The molecule has 2 saturated carbocycles. The SMILES string of the molecule is COC(=O)C(CCC1CCCC1)c1cn(C(=O)OC)c2ccccc12.O=C(O)C(CCC1CCCC1)c1c[nH]c2ccccc12. The third kappa shape index (κ3) is 7.60. The maximum absolute atomic E-state index is 12.5. The Hall–Kier alpha value is -4.07. The van der Waals surface area contributed by atoms with Crippen LogP contribution in [0.15, 0.2) is 60.9 Å². The van der Waals surface area contributed by atoms with E-state index in [0.717, 1.165) is 64.5 Å². The van der Waals surface area contributed by atoms with Gasteiger partial charge in [0.2, 0.25) is 0 Å². The van der Waals surface area contributed by atoms with E-state index in [2.05, 4.69) is 4.98 Å². The molecule has 8 nitrogen and oxygen atoms in total. The largest absolute Gasteiger partial charge is 0.481 e. The third-order valence-electron chi connectivity index (χ3n) is 9.95. The molecule has 0 amide bonds. The molecule has 2 aliphatic carbocycles. The lowest BCUT2D eigenvalue weighted by Gasteiger charge is -2.16. The van der Waals surface area contributed by atoms with E-state index in [1.165, 1.54) is 70.2 Å². The van der Waals surface area contributed by atoms with Gasteiger partial charge in [-0.2, -0.15) is 0 Å². The van der Waals surface area contributed by atoms with Gasteiger partial charge in [-0.25, -0.2) is 4.79 Å². The fourth-order valence-electron chi connectivity index (χ4n) is 7.47. The van der Waals surface area contributed by atoms with Crippen LogP contribution in [0.25, 0.3) is 21.8 Å². The van der Waals surface area contributed by atoms with Crippen LogP contribution in [-0.4, -0.2) is 46.9 Å². The number of para-hydroxylation sites is 2. The Kier molecular flexibility index (Phi) is 11.0. The Morgan fingerprint density at radius 3 is 1.98 bits per heavy atom. The molecule has 2 unspecified atom stereocenters. The van der Waals surface area contributed by atoms with Gasteiger partial charge in [-0.05, 0) is 60.8 Å². The molecule has 240 valence electrons. The molecule has 8 heteroatoms. The number of methoxy groups -OCH3 is 2. The summed E-state index contributed by atoms with van der Waals surface area (Å²) in [4.78, 5) is 39.4. The van der Waals surface area contributed by atoms with Crippen molar-refractivity contribution >= 4 is 39.8 Å². The molecule has 0 aliphatic heterocycles. The van der Waals surface area contributed by atoms with Gasteiger partial charge in [0.25, 0.3) is 0 Å². The van der Waals surface area contributed by atoms with Gasteiger partial charge in [-0.3, -0.25) is 14.2 Å². The van der Waals surface area contributed by atoms with Crippen LogP contribution in [0, 0.1) is 11.8 Å². The minimum Gasteiger partial charge on any atom is -0.481 e. The summed E-state index contributed by atoms with van der Waals surface area (Å²) in [5.41, 5.74) is 3.55. The van der Waals surface area contributed by atoms with Crippen LogP contribution in [-0.2, 0) is 19.1 Å². The van der Waals surface area contributed by atoms with E-state index in [1.54, 1.807) is 6.20 Å². The van der Waals surface area contributed by atoms with E-state index in [9.17, 15) is 19.5 Å². The zero-order valence-electron chi connectivity index (χ0n) is 26.5. The maximum Gasteiger partial charge on any atom is 0.418 e. The number of aromatic nitrogens is 2. The van der Waals surface area contributed by atoms with E-state index in [-0.39, 0.29) is 17.8 Å². The number of hydrogen-bond acceptors (Lipinski definition) is 5. The van der Waals surface area contributed by atoms with Crippen molar-refractivity contribution in [2.75, 3.05) is 14.2 Å². The predicted octanol–water partition coefficient (Wildman–Crippen LogP) is 8.79. The monoisotopic (exact) mass is 614 g/mol. The van der Waals surface area contributed by atoms with Gasteiger partial charge < -0.3 is 19.6 Å². The molecule has 2 aromatic carbocycles. The van der Waals surface area contributed by atoms with Crippen LogP contribution in [0.5, 0.6) is 0 Å². The van der Waals surface area contributed by atoms with Crippen LogP contribution >= 0.6 is 0 Å². The summed E-state index contributed by atoms with van der Waals surface area (Å²) in [5, 5.41) is 11.5. The van der Waals surface area contributed by atoms with Crippen molar-refractivity contribution in [2.24, 2.45) is 11.8 Å². The van der Waals surface area contributed by atoms with Crippen molar-refractivity contribution in [1.29, 1.82) is 0 Å². The van der Waals surface area contributed by atoms with Crippen molar-refractivity contribution in [3.63, 3.8) is 0 Å². The molecule has 45 heavy (non-hydrogen) atoms.